The van der Waals surface area contributed by atoms with Crippen LogP contribution >= 0.6 is 12.4 Å². The van der Waals surface area contributed by atoms with Gasteiger partial charge in [0.1, 0.15) is 0 Å². The minimum absolute atomic E-state index is 0. The molecule has 0 heterocycles. The highest BCUT2D eigenvalue weighted by Gasteiger charge is 2.27. The largest absolute Gasteiger partial charge is 0.494 e. The summed E-state index contributed by atoms with van der Waals surface area (Å²) in [4.78, 5) is 0. The molecule has 0 amide bonds. The van der Waals surface area contributed by atoms with Crippen molar-refractivity contribution in [2.45, 2.75) is 19.9 Å². The fourth-order valence-electron chi connectivity index (χ4n) is 1.43. The molecule has 0 aromatic heterocycles. The van der Waals surface area contributed by atoms with E-state index in [2.05, 4.69) is 0 Å². The van der Waals surface area contributed by atoms with Gasteiger partial charge < -0.3 is 15.6 Å². The number of aliphatic hydroxyl groups excluding tert-OH is 1. The van der Waals surface area contributed by atoms with E-state index >= 15 is 0 Å². The van der Waals surface area contributed by atoms with Gasteiger partial charge in [-0.1, -0.05) is 19.9 Å². The summed E-state index contributed by atoms with van der Waals surface area (Å²) < 4.78 is 18.3. The molecule has 0 aliphatic carbocycles. The summed E-state index contributed by atoms with van der Waals surface area (Å²) in [5, 5.41) is 9.20. The first kappa shape index (κ1) is 16.2. The maximum atomic E-state index is 13.5. The van der Waals surface area contributed by atoms with Crippen molar-refractivity contribution >= 4 is 12.4 Å². The maximum Gasteiger partial charge on any atom is 0.165 e. The molecule has 0 bridgehead atoms. The quantitative estimate of drug-likeness (QED) is 0.876. The highest BCUT2D eigenvalue weighted by atomic mass is 35.5. The Balaban J connectivity index is 0.00000256. The molecule has 98 valence electrons. The number of aliphatic hydroxyl groups is 1. The van der Waals surface area contributed by atoms with Crippen LogP contribution in [0.25, 0.3) is 0 Å². The van der Waals surface area contributed by atoms with Crippen LogP contribution in [0.3, 0.4) is 0 Å². The minimum atomic E-state index is -0.485. The van der Waals surface area contributed by atoms with E-state index in [1.807, 2.05) is 13.8 Å². The average molecular weight is 264 g/mol. The fourth-order valence-corrected chi connectivity index (χ4v) is 1.43. The lowest BCUT2D eigenvalue weighted by atomic mass is 9.82. The van der Waals surface area contributed by atoms with Crippen LogP contribution in [-0.2, 0) is 0 Å². The molecule has 3 nitrogen and oxygen atoms in total. The van der Waals surface area contributed by atoms with Gasteiger partial charge in [-0.15, -0.1) is 12.4 Å². The van der Waals surface area contributed by atoms with E-state index in [9.17, 15) is 9.50 Å². The Morgan fingerprint density at radius 2 is 2.06 bits per heavy atom. The summed E-state index contributed by atoms with van der Waals surface area (Å²) in [5.41, 5.74) is 6.14. The lowest BCUT2D eigenvalue weighted by Gasteiger charge is -2.29. The predicted octanol–water partition coefficient (Wildman–Crippen LogP) is 2.27. The first-order chi connectivity index (χ1) is 7.42. The number of halogens is 2. The van der Waals surface area contributed by atoms with Gasteiger partial charge >= 0.3 is 0 Å². The molecule has 0 fully saturated rings. The summed E-state index contributed by atoms with van der Waals surface area (Å²) in [6, 6.07) is 4.18. The van der Waals surface area contributed by atoms with E-state index in [1.54, 1.807) is 6.07 Å². The lowest BCUT2D eigenvalue weighted by molar-refractivity contribution is 0.132. The van der Waals surface area contributed by atoms with Crippen LogP contribution in [0, 0.1) is 11.2 Å². The van der Waals surface area contributed by atoms with E-state index in [0.29, 0.717) is 5.56 Å². The van der Waals surface area contributed by atoms with Crippen LogP contribution in [0.2, 0.25) is 0 Å². The van der Waals surface area contributed by atoms with Crippen LogP contribution in [0.15, 0.2) is 18.2 Å². The highest BCUT2D eigenvalue weighted by Crippen LogP contribution is 2.32. The number of benzene rings is 1. The van der Waals surface area contributed by atoms with Crippen molar-refractivity contribution in [2.75, 3.05) is 13.7 Å². The number of ether oxygens (including phenoxy) is 1. The highest BCUT2D eigenvalue weighted by molar-refractivity contribution is 5.85. The molecule has 1 atom stereocenters. The molecule has 3 N–H and O–H groups in total. The zero-order valence-corrected chi connectivity index (χ0v) is 11.1. The van der Waals surface area contributed by atoms with Crippen LogP contribution in [0.1, 0.15) is 25.5 Å². The molecule has 17 heavy (non-hydrogen) atoms. The smallest absolute Gasteiger partial charge is 0.165 e. The van der Waals surface area contributed by atoms with E-state index in [1.165, 1.54) is 19.2 Å². The second-order valence-corrected chi connectivity index (χ2v) is 4.52. The number of hydrogen-bond donors (Lipinski definition) is 2. The third-order valence-electron chi connectivity index (χ3n) is 2.78. The van der Waals surface area contributed by atoms with Gasteiger partial charge in [0.05, 0.1) is 7.11 Å². The van der Waals surface area contributed by atoms with Gasteiger partial charge in [0.25, 0.3) is 0 Å². The van der Waals surface area contributed by atoms with Crippen molar-refractivity contribution in [1.82, 2.24) is 0 Å². The molecule has 0 saturated carbocycles. The molecule has 5 heteroatoms. The molecular formula is C12H19ClFNO2. The van der Waals surface area contributed by atoms with Crippen molar-refractivity contribution in [3.8, 4) is 5.75 Å². The normalized spacial score (nSPS) is 12.8. The van der Waals surface area contributed by atoms with Crippen molar-refractivity contribution in [2.24, 2.45) is 11.1 Å². The third kappa shape index (κ3) is 3.56. The van der Waals surface area contributed by atoms with Crippen molar-refractivity contribution in [3.63, 3.8) is 0 Å². The number of nitrogens with two attached hydrogens (primary N) is 1. The van der Waals surface area contributed by atoms with Gasteiger partial charge in [0, 0.05) is 18.1 Å². The number of methoxy groups -OCH3 is 1. The topological polar surface area (TPSA) is 55.5 Å². The van der Waals surface area contributed by atoms with Gasteiger partial charge in [0.15, 0.2) is 11.6 Å². The van der Waals surface area contributed by atoms with Crippen molar-refractivity contribution < 1.29 is 14.2 Å². The monoisotopic (exact) mass is 263 g/mol. The Kier molecular flexibility index (Phi) is 5.88. The SMILES string of the molecule is COc1ccc([C@H](N)C(C)(C)CO)cc1F.Cl. The second-order valence-electron chi connectivity index (χ2n) is 4.52. The molecule has 0 saturated heterocycles. The van der Waals surface area contributed by atoms with E-state index < -0.39 is 17.3 Å². The number of hydrogen-bond acceptors (Lipinski definition) is 3. The predicted molar refractivity (Wildman–Crippen MR) is 68.0 cm³/mol. The zero-order chi connectivity index (χ0) is 12.3. The van der Waals surface area contributed by atoms with Crippen LogP contribution in [0.4, 0.5) is 4.39 Å². The Morgan fingerprint density at radius 1 is 1.47 bits per heavy atom. The summed E-state index contributed by atoms with van der Waals surface area (Å²) in [5.74, 6) is -0.248. The van der Waals surface area contributed by atoms with Gasteiger partial charge in [-0.3, -0.25) is 0 Å². The summed E-state index contributed by atoms with van der Waals surface area (Å²) in [7, 11) is 1.41. The third-order valence-corrected chi connectivity index (χ3v) is 2.78. The van der Waals surface area contributed by atoms with E-state index in [-0.39, 0.29) is 24.8 Å². The van der Waals surface area contributed by atoms with Crippen molar-refractivity contribution in [1.29, 1.82) is 0 Å². The standard InChI is InChI=1S/C12H18FNO2.ClH/c1-12(2,7-15)11(14)8-4-5-10(16-3)9(13)6-8;/h4-6,11,15H,7,14H2,1-3H3;1H/t11-;/m0./s1. The Bertz CT molecular complexity index is 372. The van der Waals surface area contributed by atoms with Gasteiger partial charge in [-0.25, -0.2) is 4.39 Å². The molecule has 0 aliphatic rings. The van der Waals surface area contributed by atoms with Crippen LogP contribution in [-0.4, -0.2) is 18.8 Å². The minimum Gasteiger partial charge on any atom is -0.494 e. The Hall–Kier alpha value is -0.840. The van der Waals surface area contributed by atoms with Crippen LogP contribution < -0.4 is 10.5 Å². The summed E-state index contributed by atoms with van der Waals surface area (Å²) in [6.45, 7) is 3.61. The Morgan fingerprint density at radius 3 is 2.47 bits per heavy atom. The summed E-state index contributed by atoms with van der Waals surface area (Å²) >= 11 is 0. The van der Waals surface area contributed by atoms with E-state index in [0.717, 1.165) is 0 Å². The first-order valence-electron chi connectivity index (χ1n) is 5.12. The fraction of sp³-hybridized carbons (Fsp3) is 0.500. The summed E-state index contributed by atoms with van der Waals surface area (Å²) in [6.07, 6.45) is 0. The first-order valence-corrected chi connectivity index (χ1v) is 5.12. The molecule has 1 aromatic carbocycles. The molecule has 0 unspecified atom stereocenters. The van der Waals surface area contributed by atoms with Gasteiger partial charge in [-0.2, -0.15) is 0 Å². The zero-order valence-electron chi connectivity index (χ0n) is 10.2. The second kappa shape index (κ2) is 6.19. The van der Waals surface area contributed by atoms with Crippen molar-refractivity contribution in [3.05, 3.63) is 29.6 Å². The number of rotatable bonds is 4. The van der Waals surface area contributed by atoms with E-state index in [4.69, 9.17) is 10.5 Å². The molecular weight excluding hydrogens is 245 g/mol. The van der Waals surface area contributed by atoms with Gasteiger partial charge in [0.2, 0.25) is 0 Å². The maximum absolute atomic E-state index is 13.5. The molecule has 1 rings (SSSR count). The molecule has 1 aromatic rings. The average Bonchev–Trinajstić information content (AvgIpc) is 2.27. The van der Waals surface area contributed by atoms with Crippen LogP contribution in [0.5, 0.6) is 5.75 Å². The lowest BCUT2D eigenvalue weighted by Crippen LogP contribution is -2.32. The van der Waals surface area contributed by atoms with Gasteiger partial charge in [-0.05, 0) is 17.7 Å². The molecule has 0 spiro atoms. The molecule has 0 aliphatic heterocycles. The Labute approximate surface area is 107 Å². The molecule has 0 radical (unpaired) electrons.